The van der Waals surface area contributed by atoms with Crippen molar-refractivity contribution in [3.8, 4) is 22.6 Å². The molecule has 5 aromatic rings. The Labute approximate surface area is 214 Å². The zero-order valence-corrected chi connectivity index (χ0v) is 20.9. The van der Waals surface area contributed by atoms with Gasteiger partial charge in [0.15, 0.2) is 17.1 Å². The summed E-state index contributed by atoms with van der Waals surface area (Å²) in [5.41, 5.74) is 7.78. The Morgan fingerprint density at radius 3 is 2.81 bits per heavy atom. The number of aromatic nitrogens is 7. The van der Waals surface area contributed by atoms with Crippen LogP contribution in [-0.2, 0) is 6.54 Å². The second kappa shape index (κ2) is 9.55. The van der Waals surface area contributed by atoms with Gasteiger partial charge in [0.2, 0.25) is 0 Å². The number of hydrogen-bond donors (Lipinski definition) is 2. The number of aliphatic imine (C=N–C) groups is 1. The van der Waals surface area contributed by atoms with E-state index in [0.717, 1.165) is 58.7 Å². The van der Waals surface area contributed by atoms with E-state index >= 15 is 0 Å². The van der Waals surface area contributed by atoms with Gasteiger partial charge >= 0.3 is 0 Å². The van der Waals surface area contributed by atoms with E-state index < -0.39 is 0 Å². The molecule has 6 rings (SSSR count). The Morgan fingerprint density at radius 1 is 1.14 bits per heavy atom. The quantitative estimate of drug-likeness (QED) is 0.320. The van der Waals surface area contributed by atoms with Gasteiger partial charge in [-0.2, -0.15) is 5.10 Å². The fourth-order valence-electron chi connectivity index (χ4n) is 4.87. The van der Waals surface area contributed by atoms with Gasteiger partial charge in [-0.25, -0.2) is 15.0 Å². The van der Waals surface area contributed by atoms with E-state index in [1.54, 1.807) is 6.20 Å². The molecule has 0 amide bonds. The molecule has 0 atom stereocenters. The minimum absolute atomic E-state index is 0.614. The number of likely N-dealkylation sites (tertiary alicyclic amines) is 1. The fraction of sp³-hybridized carbons (Fsp3) is 0.259. The molecule has 1 fully saturated rings. The first-order valence-corrected chi connectivity index (χ1v) is 12.3. The summed E-state index contributed by atoms with van der Waals surface area (Å²) in [6, 6.07) is 6.23. The summed E-state index contributed by atoms with van der Waals surface area (Å²) in [5, 5.41) is 8.41. The van der Waals surface area contributed by atoms with Crippen LogP contribution in [-0.4, -0.2) is 66.9 Å². The van der Waals surface area contributed by atoms with E-state index in [1.165, 1.54) is 18.4 Å². The molecular formula is C27H28N10. The van der Waals surface area contributed by atoms with Crippen molar-refractivity contribution >= 4 is 34.6 Å². The first-order chi connectivity index (χ1) is 18.1. The summed E-state index contributed by atoms with van der Waals surface area (Å²) >= 11 is 0. The van der Waals surface area contributed by atoms with Gasteiger partial charge in [0.05, 0.1) is 16.8 Å². The highest BCUT2D eigenvalue weighted by Crippen LogP contribution is 2.31. The van der Waals surface area contributed by atoms with Crippen LogP contribution >= 0.6 is 0 Å². The Balaban J connectivity index is 1.37. The van der Waals surface area contributed by atoms with Gasteiger partial charge in [0, 0.05) is 55.7 Å². The van der Waals surface area contributed by atoms with Gasteiger partial charge in [-0.3, -0.25) is 20.0 Å². The van der Waals surface area contributed by atoms with Crippen LogP contribution in [0.5, 0.6) is 0 Å². The Bertz CT molecular complexity index is 1620. The number of rotatable bonds is 7. The largest absolute Gasteiger partial charge is 0.347 e. The maximum Gasteiger partial charge on any atom is 0.181 e. The van der Waals surface area contributed by atoms with Crippen molar-refractivity contribution in [1.29, 1.82) is 0 Å². The van der Waals surface area contributed by atoms with Crippen molar-refractivity contribution in [1.82, 2.24) is 40.0 Å². The lowest BCUT2D eigenvalue weighted by atomic mass is 10.1. The number of hydrogen-bond acceptors (Lipinski definition) is 8. The van der Waals surface area contributed by atoms with E-state index in [1.807, 2.05) is 49.7 Å². The predicted octanol–water partition coefficient (Wildman–Crippen LogP) is 4.55. The Kier molecular flexibility index (Phi) is 5.93. The van der Waals surface area contributed by atoms with E-state index in [9.17, 15) is 0 Å². The van der Waals surface area contributed by atoms with Crippen LogP contribution in [0, 0.1) is 0 Å². The molecule has 10 nitrogen and oxygen atoms in total. The van der Waals surface area contributed by atoms with Gasteiger partial charge < -0.3 is 9.88 Å². The van der Waals surface area contributed by atoms with Crippen LogP contribution in [0.4, 0.5) is 5.69 Å². The number of anilines is 1. The normalized spacial score (nSPS) is 14.6. The van der Waals surface area contributed by atoms with Gasteiger partial charge in [0.25, 0.3) is 0 Å². The van der Waals surface area contributed by atoms with Crippen LogP contribution in [0.15, 0.2) is 59.9 Å². The molecule has 2 N–H and O–H groups in total. The summed E-state index contributed by atoms with van der Waals surface area (Å²) < 4.78 is 0. The lowest BCUT2D eigenvalue weighted by Gasteiger charge is -2.15. The summed E-state index contributed by atoms with van der Waals surface area (Å²) in [5.74, 6) is 0.647. The summed E-state index contributed by atoms with van der Waals surface area (Å²) in [7, 11) is 1.96. The third kappa shape index (κ3) is 4.47. The first kappa shape index (κ1) is 23.0. The number of nitrogens with zero attached hydrogens (tertiary/aromatic N) is 8. The third-order valence-electron chi connectivity index (χ3n) is 6.76. The van der Waals surface area contributed by atoms with Crippen LogP contribution in [0.2, 0.25) is 0 Å². The molecule has 37 heavy (non-hydrogen) atoms. The summed E-state index contributed by atoms with van der Waals surface area (Å²) in [6.07, 6.45) is 11.9. The fourth-order valence-corrected chi connectivity index (χ4v) is 4.87. The van der Waals surface area contributed by atoms with Crippen molar-refractivity contribution in [2.45, 2.75) is 26.3 Å². The van der Waals surface area contributed by atoms with Crippen molar-refractivity contribution < 1.29 is 0 Å². The Morgan fingerprint density at radius 2 is 1.97 bits per heavy atom. The number of fused-ring (bicyclic) bond motifs is 2. The standard InChI is InChI=1S/C27H28N10/c1-17(28-2)15-36(3)22-6-7-30-26-24(22)32-27(33-26)23-21-11-20(14-31-25(21)35-34-23)19-10-18(12-29-13-19)16-37-8-4-5-9-37/h6-7,10-15H,2,4-5,8-9,16H2,1,3H3,(H,30,32,33)(H,31,34,35)/b17-15-. The minimum Gasteiger partial charge on any atom is -0.347 e. The first-order valence-electron chi connectivity index (χ1n) is 12.3. The topological polar surface area (TPSA) is 115 Å². The molecule has 10 heteroatoms. The highest BCUT2D eigenvalue weighted by Gasteiger charge is 2.17. The van der Waals surface area contributed by atoms with E-state index in [4.69, 9.17) is 4.98 Å². The maximum absolute atomic E-state index is 4.75. The highest BCUT2D eigenvalue weighted by atomic mass is 15.2. The molecule has 0 aromatic carbocycles. The second-order valence-corrected chi connectivity index (χ2v) is 9.41. The van der Waals surface area contributed by atoms with E-state index in [0.29, 0.717) is 17.1 Å². The molecule has 0 saturated carbocycles. The van der Waals surface area contributed by atoms with Crippen LogP contribution < -0.4 is 4.90 Å². The lowest BCUT2D eigenvalue weighted by Crippen LogP contribution is -2.18. The Hall–Kier alpha value is -4.44. The molecule has 0 bridgehead atoms. The zero-order valence-electron chi connectivity index (χ0n) is 20.9. The molecule has 5 aromatic heterocycles. The summed E-state index contributed by atoms with van der Waals surface area (Å²) in [4.78, 5) is 30.2. The average Bonchev–Trinajstić information content (AvgIpc) is 3.67. The van der Waals surface area contributed by atoms with E-state index in [2.05, 4.69) is 58.9 Å². The van der Waals surface area contributed by atoms with Crippen molar-refractivity contribution in [2.75, 3.05) is 25.0 Å². The highest BCUT2D eigenvalue weighted by molar-refractivity contribution is 5.95. The second-order valence-electron chi connectivity index (χ2n) is 9.41. The molecule has 1 aliphatic rings. The molecule has 6 heterocycles. The lowest BCUT2D eigenvalue weighted by molar-refractivity contribution is 0.331. The monoisotopic (exact) mass is 492 g/mol. The number of allylic oxidation sites excluding steroid dienone is 1. The number of pyridine rings is 3. The SMILES string of the molecule is C=N/C(C)=C\N(C)c1ccnc2nc(-c3[nH]nc4ncc(-c5cncc(CN6CCCC6)c5)cc34)[nH]c12. The van der Waals surface area contributed by atoms with E-state index in [-0.39, 0.29) is 0 Å². The molecule has 0 radical (unpaired) electrons. The maximum atomic E-state index is 4.75. The molecule has 0 aliphatic carbocycles. The predicted molar refractivity (Wildman–Crippen MR) is 146 cm³/mol. The van der Waals surface area contributed by atoms with Gasteiger partial charge in [0.1, 0.15) is 11.2 Å². The number of H-pyrrole nitrogens is 2. The minimum atomic E-state index is 0.614. The number of aromatic amines is 2. The van der Waals surface area contributed by atoms with Gasteiger partial charge in [-0.1, -0.05) is 0 Å². The molecule has 0 spiro atoms. The smallest absolute Gasteiger partial charge is 0.181 e. The average molecular weight is 493 g/mol. The van der Waals surface area contributed by atoms with Crippen molar-refractivity contribution in [3.05, 3.63) is 60.4 Å². The van der Waals surface area contributed by atoms with Crippen LogP contribution in [0.3, 0.4) is 0 Å². The molecular weight excluding hydrogens is 464 g/mol. The summed E-state index contributed by atoms with van der Waals surface area (Å²) in [6.45, 7) is 8.73. The zero-order chi connectivity index (χ0) is 25.4. The third-order valence-corrected chi connectivity index (χ3v) is 6.76. The van der Waals surface area contributed by atoms with Gasteiger partial charge in [-0.15, -0.1) is 0 Å². The van der Waals surface area contributed by atoms with Crippen molar-refractivity contribution in [3.63, 3.8) is 0 Å². The van der Waals surface area contributed by atoms with Crippen LogP contribution in [0.25, 0.3) is 44.8 Å². The molecule has 186 valence electrons. The molecule has 0 unspecified atom stereocenters. The van der Waals surface area contributed by atoms with Gasteiger partial charge in [-0.05, 0) is 63.3 Å². The number of imidazole rings is 1. The van der Waals surface area contributed by atoms with Crippen molar-refractivity contribution in [2.24, 2.45) is 4.99 Å². The van der Waals surface area contributed by atoms with Crippen LogP contribution in [0.1, 0.15) is 25.3 Å². The molecule has 1 aliphatic heterocycles. The molecule has 1 saturated heterocycles. The number of nitrogens with one attached hydrogen (secondary N) is 2.